The molecule has 0 spiro atoms. The average molecular weight is 183 g/mol. The van der Waals surface area contributed by atoms with E-state index in [9.17, 15) is 9.59 Å². The van der Waals surface area contributed by atoms with Crippen molar-refractivity contribution in [2.24, 2.45) is 0 Å². The number of aliphatic carboxylic acids is 1. The van der Waals surface area contributed by atoms with Crippen LogP contribution in [0.5, 0.6) is 0 Å². The van der Waals surface area contributed by atoms with E-state index in [0.717, 1.165) is 4.90 Å². The summed E-state index contributed by atoms with van der Waals surface area (Å²) in [5, 5.41) is 17.4. The lowest BCUT2D eigenvalue weighted by Gasteiger charge is -2.22. The van der Waals surface area contributed by atoms with E-state index in [1.165, 1.54) is 19.1 Å². The highest BCUT2D eigenvalue weighted by Crippen LogP contribution is 2.16. The normalized spacial score (nSPS) is 16.2. The molecule has 13 heavy (non-hydrogen) atoms. The molecule has 5 heteroatoms. The van der Waals surface area contributed by atoms with Gasteiger partial charge in [-0.15, -0.1) is 0 Å². The van der Waals surface area contributed by atoms with Crippen LogP contribution in [0.2, 0.25) is 0 Å². The Kier molecular flexibility index (Phi) is 2.36. The van der Waals surface area contributed by atoms with Gasteiger partial charge in [0.15, 0.2) is 0 Å². The molecule has 1 heterocycles. The van der Waals surface area contributed by atoms with Crippen LogP contribution in [0.4, 0.5) is 4.79 Å². The van der Waals surface area contributed by atoms with Crippen molar-refractivity contribution in [3.63, 3.8) is 0 Å². The van der Waals surface area contributed by atoms with E-state index in [1.54, 1.807) is 0 Å². The second-order valence-corrected chi connectivity index (χ2v) is 2.60. The van der Waals surface area contributed by atoms with Crippen molar-refractivity contribution in [1.29, 1.82) is 0 Å². The van der Waals surface area contributed by atoms with Gasteiger partial charge in [-0.1, -0.05) is 6.08 Å². The van der Waals surface area contributed by atoms with Crippen molar-refractivity contribution in [3.05, 3.63) is 23.4 Å². The number of carboxylic acids is 1. The van der Waals surface area contributed by atoms with Crippen molar-refractivity contribution in [1.82, 2.24) is 4.90 Å². The highest BCUT2D eigenvalue weighted by Gasteiger charge is 2.21. The average Bonchev–Trinajstić information content (AvgIpc) is 2.03. The van der Waals surface area contributed by atoms with E-state index in [-0.39, 0.29) is 17.8 Å². The molecule has 0 aromatic rings. The Morgan fingerprint density at radius 2 is 2.08 bits per heavy atom. The van der Waals surface area contributed by atoms with Crippen LogP contribution < -0.4 is 0 Å². The SMILES string of the molecule is CC1=C(C(=O)O)C=CCN1C(=O)O. The third kappa shape index (κ3) is 1.69. The summed E-state index contributed by atoms with van der Waals surface area (Å²) in [4.78, 5) is 22.2. The molecule has 5 nitrogen and oxygen atoms in total. The van der Waals surface area contributed by atoms with Gasteiger partial charge in [0.2, 0.25) is 0 Å². The lowest BCUT2D eigenvalue weighted by atomic mass is 10.1. The lowest BCUT2D eigenvalue weighted by molar-refractivity contribution is -0.132. The maximum Gasteiger partial charge on any atom is 0.411 e. The van der Waals surface area contributed by atoms with E-state index >= 15 is 0 Å². The van der Waals surface area contributed by atoms with Gasteiger partial charge in [0.05, 0.1) is 5.57 Å². The summed E-state index contributed by atoms with van der Waals surface area (Å²) in [5.41, 5.74) is 0.274. The second kappa shape index (κ2) is 3.30. The van der Waals surface area contributed by atoms with Crippen LogP contribution >= 0.6 is 0 Å². The van der Waals surface area contributed by atoms with Crippen molar-refractivity contribution in [2.45, 2.75) is 6.92 Å². The molecule has 1 aliphatic heterocycles. The molecule has 0 radical (unpaired) electrons. The van der Waals surface area contributed by atoms with Gasteiger partial charge in [0.25, 0.3) is 0 Å². The van der Waals surface area contributed by atoms with Crippen molar-refractivity contribution in [3.8, 4) is 0 Å². The molecule has 70 valence electrons. The fourth-order valence-electron chi connectivity index (χ4n) is 1.13. The number of hydrogen-bond acceptors (Lipinski definition) is 2. The molecule has 0 unspecified atom stereocenters. The highest BCUT2D eigenvalue weighted by atomic mass is 16.4. The summed E-state index contributed by atoms with van der Waals surface area (Å²) in [7, 11) is 0. The molecule has 0 bridgehead atoms. The predicted molar refractivity (Wildman–Crippen MR) is 44.2 cm³/mol. The Morgan fingerprint density at radius 1 is 1.46 bits per heavy atom. The summed E-state index contributed by atoms with van der Waals surface area (Å²) < 4.78 is 0. The maximum absolute atomic E-state index is 10.6. The summed E-state index contributed by atoms with van der Waals surface area (Å²) in [6.45, 7) is 1.68. The molecule has 0 saturated carbocycles. The monoisotopic (exact) mass is 183 g/mol. The van der Waals surface area contributed by atoms with Gasteiger partial charge in [-0.25, -0.2) is 9.59 Å². The van der Waals surface area contributed by atoms with Crippen molar-refractivity contribution >= 4 is 12.1 Å². The fraction of sp³-hybridized carbons (Fsp3) is 0.250. The Labute approximate surface area is 74.6 Å². The van der Waals surface area contributed by atoms with E-state index in [1.807, 2.05) is 0 Å². The molecule has 0 aromatic heterocycles. The first-order chi connectivity index (χ1) is 6.04. The van der Waals surface area contributed by atoms with Crippen LogP contribution in [-0.2, 0) is 4.79 Å². The lowest BCUT2D eigenvalue weighted by Crippen LogP contribution is -2.31. The molecule has 0 fully saturated rings. The third-order valence-corrected chi connectivity index (χ3v) is 1.83. The summed E-state index contributed by atoms with van der Waals surface area (Å²) >= 11 is 0. The zero-order valence-electron chi connectivity index (χ0n) is 7.02. The fourth-order valence-corrected chi connectivity index (χ4v) is 1.13. The Hall–Kier alpha value is -1.78. The van der Waals surface area contributed by atoms with Crippen LogP contribution in [0.15, 0.2) is 23.4 Å². The molecule has 2 N–H and O–H groups in total. The second-order valence-electron chi connectivity index (χ2n) is 2.60. The largest absolute Gasteiger partial charge is 0.478 e. The number of carbonyl (C=O) groups is 2. The quantitative estimate of drug-likeness (QED) is 0.632. The number of amides is 1. The molecule has 1 rings (SSSR count). The number of nitrogens with zero attached hydrogens (tertiary/aromatic N) is 1. The van der Waals surface area contributed by atoms with Gasteiger partial charge in [-0.3, -0.25) is 4.90 Å². The Morgan fingerprint density at radius 3 is 2.54 bits per heavy atom. The molecule has 1 amide bonds. The number of hydrogen-bond donors (Lipinski definition) is 2. The highest BCUT2D eigenvalue weighted by molar-refractivity contribution is 5.91. The molecular formula is C8H9NO4. The summed E-state index contributed by atoms with van der Waals surface area (Å²) in [6, 6.07) is 0. The van der Waals surface area contributed by atoms with Gasteiger partial charge >= 0.3 is 12.1 Å². The summed E-state index contributed by atoms with van der Waals surface area (Å²) in [6.07, 6.45) is 1.78. The Balaban J connectivity index is 3.05. The minimum atomic E-state index is -1.14. The molecular weight excluding hydrogens is 174 g/mol. The first-order valence-electron chi connectivity index (χ1n) is 3.65. The zero-order chi connectivity index (χ0) is 10.0. The predicted octanol–water partition coefficient (Wildman–Crippen LogP) is 0.895. The van der Waals surface area contributed by atoms with E-state index in [0.29, 0.717) is 0 Å². The smallest absolute Gasteiger partial charge is 0.411 e. The molecule has 0 aromatic carbocycles. The van der Waals surface area contributed by atoms with Crippen LogP contribution in [-0.4, -0.2) is 33.7 Å². The number of carboxylic acid groups (broad SMARTS) is 2. The van der Waals surface area contributed by atoms with Gasteiger partial charge in [0, 0.05) is 12.2 Å². The van der Waals surface area contributed by atoms with Crippen molar-refractivity contribution in [2.75, 3.05) is 6.54 Å². The standard InChI is InChI=1S/C8H9NO4/c1-5-6(7(10)11)3-2-4-9(5)8(12)13/h2-3H,4H2,1H3,(H,10,11)(H,12,13). The van der Waals surface area contributed by atoms with Crippen LogP contribution in [0.3, 0.4) is 0 Å². The van der Waals surface area contributed by atoms with Crippen LogP contribution in [0, 0.1) is 0 Å². The minimum absolute atomic E-state index is 0.0219. The summed E-state index contributed by atoms with van der Waals surface area (Å²) in [5.74, 6) is -1.11. The third-order valence-electron chi connectivity index (χ3n) is 1.83. The maximum atomic E-state index is 10.6. The first-order valence-corrected chi connectivity index (χ1v) is 3.65. The minimum Gasteiger partial charge on any atom is -0.478 e. The van der Waals surface area contributed by atoms with E-state index in [4.69, 9.17) is 10.2 Å². The van der Waals surface area contributed by atoms with E-state index in [2.05, 4.69) is 0 Å². The van der Waals surface area contributed by atoms with Gasteiger partial charge < -0.3 is 10.2 Å². The van der Waals surface area contributed by atoms with Crippen molar-refractivity contribution < 1.29 is 19.8 Å². The molecule has 1 aliphatic rings. The molecule has 0 atom stereocenters. The zero-order valence-corrected chi connectivity index (χ0v) is 7.02. The molecule has 0 aliphatic carbocycles. The Bertz CT molecular complexity index is 316. The first kappa shape index (κ1) is 9.31. The molecule has 0 saturated heterocycles. The number of allylic oxidation sites excluding steroid dienone is 1. The van der Waals surface area contributed by atoms with Gasteiger partial charge in [-0.05, 0) is 13.0 Å². The van der Waals surface area contributed by atoms with E-state index < -0.39 is 12.1 Å². The van der Waals surface area contributed by atoms with Gasteiger partial charge in [-0.2, -0.15) is 0 Å². The van der Waals surface area contributed by atoms with Gasteiger partial charge in [0.1, 0.15) is 0 Å². The number of rotatable bonds is 1. The topological polar surface area (TPSA) is 77.8 Å². The van der Waals surface area contributed by atoms with Crippen LogP contribution in [0.1, 0.15) is 6.92 Å². The van der Waals surface area contributed by atoms with Crippen LogP contribution in [0.25, 0.3) is 0 Å².